The average molecular weight is 563 g/mol. The summed E-state index contributed by atoms with van der Waals surface area (Å²) in [5.74, 6) is 0. The van der Waals surface area contributed by atoms with E-state index in [2.05, 4.69) is 158 Å². The molecule has 43 heavy (non-hydrogen) atoms. The molecule has 0 spiro atoms. The maximum atomic E-state index is 2.36. The Morgan fingerprint density at radius 1 is 0.279 bits per heavy atom. The van der Waals surface area contributed by atoms with Gasteiger partial charge in [-0.05, 0) is 83.9 Å². The molecular weight excluding hydrogens is 537 g/mol. The highest BCUT2D eigenvalue weighted by atomic mass is 32.1. The third-order valence-electron chi connectivity index (χ3n) is 8.84. The lowest BCUT2D eigenvalue weighted by Crippen LogP contribution is -1.90. The second kappa shape index (κ2) is 9.66. The minimum Gasteiger partial charge on any atom is -0.135 e. The standard InChI is InChI=1S/C42H26S/c1-2-10-28(11-3-1)41-34-14-6-8-16-36(34)42(37-17-9-7-15-35(37)41)29-20-18-27(19-21-29)32-22-23-33-38-24-30-12-4-5-13-31(30)25-40(38)43-39(33)26-32/h1-26H. The summed E-state index contributed by atoms with van der Waals surface area (Å²) in [6.07, 6.45) is 0. The van der Waals surface area contributed by atoms with E-state index in [0.29, 0.717) is 0 Å². The predicted molar refractivity (Wildman–Crippen MR) is 188 cm³/mol. The Hall–Kier alpha value is -5.24. The van der Waals surface area contributed by atoms with E-state index < -0.39 is 0 Å². The van der Waals surface area contributed by atoms with Crippen LogP contribution in [0.3, 0.4) is 0 Å². The quantitative estimate of drug-likeness (QED) is 0.188. The predicted octanol–water partition coefficient (Wildman–Crippen LogP) is 12.5. The number of hydrogen-bond acceptors (Lipinski definition) is 1. The van der Waals surface area contributed by atoms with E-state index in [1.54, 1.807) is 0 Å². The fourth-order valence-corrected chi connectivity index (χ4v) is 8.00. The summed E-state index contributed by atoms with van der Waals surface area (Å²) in [5.41, 5.74) is 7.58. The van der Waals surface area contributed by atoms with Crippen molar-refractivity contribution >= 4 is 63.8 Å². The van der Waals surface area contributed by atoms with E-state index in [9.17, 15) is 0 Å². The molecule has 0 saturated heterocycles. The molecule has 0 nitrogen and oxygen atoms in total. The van der Waals surface area contributed by atoms with Gasteiger partial charge in [-0.1, -0.05) is 140 Å². The first kappa shape index (κ1) is 24.4. The molecule has 1 aromatic heterocycles. The Morgan fingerprint density at radius 3 is 1.37 bits per heavy atom. The summed E-state index contributed by atoms with van der Waals surface area (Å²) >= 11 is 1.89. The molecule has 1 heteroatoms. The van der Waals surface area contributed by atoms with Crippen LogP contribution in [0.2, 0.25) is 0 Å². The number of fused-ring (bicyclic) bond motifs is 6. The molecule has 9 rings (SSSR count). The van der Waals surface area contributed by atoms with Crippen molar-refractivity contribution in [3.05, 3.63) is 158 Å². The Balaban J connectivity index is 1.18. The smallest absolute Gasteiger partial charge is 0.0361 e. The summed E-state index contributed by atoms with van der Waals surface area (Å²) < 4.78 is 2.68. The molecule has 0 saturated carbocycles. The van der Waals surface area contributed by atoms with E-state index in [-0.39, 0.29) is 0 Å². The van der Waals surface area contributed by atoms with Crippen molar-refractivity contribution in [3.63, 3.8) is 0 Å². The van der Waals surface area contributed by atoms with E-state index in [4.69, 9.17) is 0 Å². The summed E-state index contributed by atoms with van der Waals surface area (Å²) in [6.45, 7) is 0. The molecule has 0 atom stereocenters. The molecule has 0 unspecified atom stereocenters. The maximum Gasteiger partial charge on any atom is 0.0361 e. The van der Waals surface area contributed by atoms with Crippen LogP contribution in [-0.2, 0) is 0 Å². The van der Waals surface area contributed by atoms with Crippen molar-refractivity contribution in [2.24, 2.45) is 0 Å². The largest absolute Gasteiger partial charge is 0.135 e. The van der Waals surface area contributed by atoms with Gasteiger partial charge >= 0.3 is 0 Å². The topological polar surface area (TPSA) is 0 Å². The molecule has 0 aliphatic heterocycles. The van der Waals surface area contributed by atoms with Gasteiger partial charge in [0.1, 0.15) is 0 Å². The Labute approximate surface area is 254 Å². The minimum atomic E-state index is 1.24. The lowest BCUT2D eigenvalue weighted by Gasteiger charge is -2.18. The zero-order valence-corrected chi connectivity index (χ0v) is 24.2. The van der Waals surface area contributed by atoms with Gasteiger partial charge in [0.25, 0.3) is 0 Å². The van der Waals surface area contributed by atoms with Gasteiger partial charge in [-0.3, -0.25) is 0 Å². The summed E-state index contributed by atoms with van der Waals surface area (Å²) in [4.78, 5) is 0. The van der Waals surface area contributed by atoms with Gasteiger partial charge in [-0.2, -0.15) is 0 Å². The summed E-state index contributed by atoms with van der Waals surface area (Å²) in [6, 6.07) is 57.9. The highest BCUT2D eigenvalue weighted by Gasteiger charge is 2.16. The lowest BCUT2D eigenvalue weighted by molar-refractivity contribution is 1.63. The minimum absolute atomic E-state index is 1.24. The van der Waals surface area contributed by atoms with Crippen LogP contribution in [0.15, 0.2) is 158 Å². The maximum absolute atomic E-state index is 2.36. The van der Waals surface area contributed by atoms with Gasteiger partial charge in [0.05, 0.1) is 0 Å². The molecule has 9 aromatic rings. The molecule has 0 bridgehead atoms. The first-order chi connectivity index (χ1) is 21.3. The molecule has 0 radical (unpaired) electrons. The molecule has 8 aromatic carbocycles. The van der Waals surface area contributed by atoms with Crippen LogP contribution in [0.5, 0.6) is 0 Å². The second-order valence-electron chi connectivity index (χ2n) is 11.3. The highest BCUT2D eigenvalue weighted by molar-refractivity contribution is 7.25. The van der Waals surface area contributed by atoms with Crippen molar-refractivity contribution in [3.8, 4) is 33.4 Å². The zero-order valence-electron chi connectivity index (χ0n) is 23.4. The number of benzene rings is 8. The van der Waals surface area contributed by atoms with E-state index in [1.807, 2.05) is 11.3 Å². The van der Waals surface area contributed by atoms with E-state index in [1.165, 1.54) is 85.9 Å². The van der Waals surface area contributed by atoms with Crippen LogP contribution in [-0.4, -0.2) is 0 Å². The molecule has 0 N–H and O–H groups in total. The summed E-state index contributed by atoms with van der Waals surface area (Å²) in [5, 5.41) is 10.4. The van der Waals surface area contributed by atoms with Crippen LogP contribution in [0, 0.1) is 0 Å². The van der Waals surface area contributed by atoms with Gasteiger partial charge in [0.2, 0.25) is 0 Å². The third kappa shape index (κ3) is 3.90. The van der Waals surface area contributed by atoms with Crippen LogP contribution in [0.25, 0.3) is 85.9 Å². The van der Waals surface area contributed by atoms with Crippen LogP contribution < -0.4 is 0 Å². The molecule has 200 valence electrons. The Morgan fingerprint density at radius 2 is 0.744 bits per heavy atom. The fourth-order valence-electron chi connectivity index (χ4n) is 6.83. The van der Waals surface area contributed by atoms with Crippen molar-refractivity contribution in [2.75, 3.05) is 0 Å². The lowest BCUT2D eigenvalue weighted by atomic mass is 9.86. The first-order valence-electron chi connectivity index (χ1n) is 14.8. The second-order valence-corrected chi connectivity index (χ2v) is 12.4. The van der Waals surface area contributed by atoms with Crippen LogP contribution in [0.1, 0.15) is 0 Å². The normalized spacial score (nSPS) is 11.7. The van der Waals surface area contributed by atoms with Crippen molar-refractivity contribution in [1.82, 2.24) is 0 Å². The molecule has 0 fully saturated rings. The van der Waals surface area contributed by atoms with Gasteiger partial charge in [0.15, 0.2) is 0 Å². The molecule has 1 heterocycles. The number of hydrogen-bond donors (Lipinski definition) is 0. The number of rotatable bonds is 3. The molecule has 0 amide bonds. The molecule has 0 aliphatic rings. The van der Waals surface area contributed by atoms with Crippen LogP contribution >= 0.6 is 11.3 Å². The van der Waals surface area contributed by atoms with E-state index >= 15 is 0 Å². The average Bonchev–Trinajstić information content (AvgIpc) is 3.43. The third-order valence-corrected chi connectivity index (χ3v) is 9.96. The zero-order chi connectivity index (χ0) is 28.3. The molecular formula is C42H26S. The molecule has 0 aliphatic carbocycles. The monoisotopic (exact) mass is 562 g/mol. The van der Waals surface area contributed by atoms with E-state index in [0.717, 1.165) is 0 Å². The summed E-state index contributed by atoms with van der Waals surface area (Å²) in [7, 11) is 0. The van der Waals surface area contributed by atoms with Gasteiger partial charge in [-0.15, -0.1) is 11.3 Å². The fraction of sp³-hybridized carbons (Fsp3) is 0. The number of thiophene rings is 1. The van der Waals surface area contributed by atoms with Crippen molar-refractivity contribution in [2.45, 2.75) is 0 Å². The van der Waals surface area contributed by atoms with Gasteiger partial charge in [-0.25, -0.2) is 0 Å². The van der Waals surface area contributed by atoms with Crippen molar-refractivity contribution in [1.29, 1.82) is 0 Å². The van der Waals surface area contributed by atoms with Gasteiger partial charge < -0.3 is 0 Å². The van der Waals surface area contributed by atoms with Gasteiger partial charge in [0, 0.05) is 20.2 Å². The van der Waals surface area contributed by atoms with Crippen LogP contribution in [0.4, 0.5) is 0 Å². The SMILES string of the molecule is c1ccc(-c2c3ccccc3c(-c3ccc(-c4ccc5c(c4)sc4cc6ccccc6cc45)cc3)c3ccccc23)cc1. The van der Waals surface area contributed by atoms with Crippen molar-refractivity contribution < 1.29 is 0 Å². The Kier molecular flexibility index (Phi) is 5.47. The first-order valence-corrected chi connectivity index (χ1v) is 15.6. The Bertz CT molecular complexity index is 2420. The highest BCUT2D eigenvalue weighted by Crippen LogP contribution is 2.44.